The molecule has 1 amide bonds. The third kappa shape index (κ3) is 4.54. The molecule has 0 spiro atoms. The fraction of sp³-hybridized carbons (Fsp3) is 0.185. The highest BCUT2D eigenvalue weighted by atomic mass is 35.5. The average Bonchev–Trinajstić information content (AvgIpc) is 3.08. The summed E-state index contributed by atoms with van der Waals surface area (Å²) >= 11 is 6.06. The molecule has 4 rings (SSSR count). The fourth-order valence-electron chi connectivity index (χ4n) is 4.18. The van der Waals surface area contributed by atoms with E-state index < -0.39 is 17.7 Å². The Kier molecular flexibility index (Phi) is 6.70. The SMILES string of the molecule is COc1ccc(/C(O)=C2/C(=O)C(=O)N(CCc3ccc(F)cc3)C2c2ccc(Cl)cc2)cc1C. The highest BCUT2D eigenvalue weighted by Crippen LogP contribution is 2.40. The normalized spacial score (nSPS) is 17.3. The predicted molar refractivity (Wildman–Crippen MR) is 128 cm³/mol. The van der Waals surface area contributed by atoms with Crippen LogP contribution in [0.3, 0.4) is 0 Å². The Bertz CT molecular complexity index is 1270. The minimum atomic E-state index is -0.792. The molecule has 1 atom stereocenters. The van der Waals surface area contributed by atoms with Crippen LogP contribution in [0.25, 0.3) is 5.76 Å². The minimum absolute atomic E-state index is 0.0102. The summed E-state index contributed by atoms with van der Waals surface area (Å²) in [6, 6.07) is 17.1. The Labute approximate surface area is 202 Å². The number of aliphatic hydroxyl groups is 1. The second-order valence-corrected chi connectivity index (χ2v) is 8.54. The predicted octanol–water partition coefficient (Wildman–Crippen LogP) is 5.46. The van der Waals surface area contributed by atoms with Gasteiger partial charge in [0.15, 0.2) is 0 Å². The number of methoxy groups -OCH3 is 1. The monoisotopic (exact) mass is 479 g/mol. The molecule has 0 aromatic heterocycles. The molecule has 1 unspecified atom stereocenters. The van der Waals surface area contributed by atoms with E-state index >= 15 is 0 Å². The summed E-state index contributed by atoms with van der Waals surface area (Å²) in [4.78, 5) is 27.6. The highest BCUT2D eigenvalue weighted by molar-refractivity contribution is 6.46. The van der Waals surface area contributed by atoms with Crippen LogP contribution >= 0.6 is 11.6 Å². The van der Waals surface area contributed by atoms with E-state index in [0.717, 1.165) is 11.1 Å². The first-order valence-electron chi connectivity index (χ1n) is 10.7. The van der Waals surface area contributed by atoms with Crippen molar-refractivity contribution >= 4 is 29.1 Å². The summed E-state index contributed by atoms with van der Waals surface area (Å²) in [5.41, 5.74) is 2.67. The van der Waals surface area contributed by atoms with Gasteiger partial charge < -0.3 is 14.7 Å². The molecule has 5 nitrogen and oxygen atoms in total. The number of aliphatic hydroxyl groups excluding tert-OH is 1. The molecular weight excluding hydrogens is 457 g/mol. The van der Waals surface area contributed by atoms with Gasteiger partial charge in [0.25, 0.3) is 11.7 Å². The van der Waals surface area contributed by atoms with Crippen LogP contribution in [-0.4, -0.2) is 35.4 Å². The molecule has 174 valence electrons. The molecule has 1 aliphatic rings. The van der Waals surface area contributed by atoms with Gasteiger partial charge in [-0.3, -0.25) is 9.59 Å². The first-order chi connectivity index (χ1) is 16.3. The molecular formula is C27H23ClFNO4. The molecule has 7 heteroatoms. The standard InChI is InChI=1S/C27H23ClFNO4/c1-16-15-19(7-12-22(16)34-2)25(31)23-24(18-5-8-20(28)9-6-18)30(27(33)26(23)32)14-13-17-3-10-21(29)11-4-17/h3-12,15,24,31H,13-14H2,1-2H3/b25-23-. The second-order valence-electron chi connectivity index (χ2n) is 8.10. The lowest BCUT2D eigenvalue weighted by Gasteiger charge is -2.25. The van der Waals surface area contributed by atoms with Gasteiger partial charge in [-0.15, -0.1) is 0 Å². The number of hydrogen-bond acceptors (Lipinski definition) is 4. The van der Waals surface area contributed by atoms with Crippen LogP contribution in [0.2, 0.25) is 5.02 Å². The van der Waals surface area contributed by atoms with Gasteiger partial charge in [0.2, 0.25) is 0 Å². The van der Waals surface area contributed by atoms with Gasteiger partial charge in [0, 0.05) is 17.1 Å². The molecule has 0 aliphatic carbocycles. The van der Waals surface area contributed by atoms with Gasteiger partial charge in [0.1, 0.15) is 17.3 Å². The minimum Gasteiger partial charge on any atom is -0.507 e. The number of carbonyl (C=O) groups excluding carboxylic acids is 2. The van der Waals surface area contributed by atoms with E-state index in [9.17, 15) is 19.1 Å². The van der Waals surface area contributed by atoms with Crippen molar-refractivity contribution in [3.63, 3.8) is 0 Å². The summed E-state index contributed by atoms with van der Waals surface area (Å²) in [5.74, 6) is -1.42. The van der Waals surface area contributed by atoms with Crippen LogP contribution in [0, 0.1) is 12.7 Å². The molecule has 3 aromatic carbocycles. The number of ether oxygens (including phenoxy) is 1. The molecule has 34 heavy (non-hydrogen) atoms. The molecule has 1 fully saturated rings. The topological polar surface area (TPSA) is 66.8 Å². The van der Waals surface area contributed by atoms with Crippen LogP contribution in [0.4, 0.5) is 4.39 Å². The van der Waals surface area contributed by atoms with Crippen LogP contribution in [-0.2, 0) is 16.0 Å². The number of rotatable bonds is 6. The second kappa shape index (κ2) is 9.69. The third-order valence-electron chi connectivity index (χ3n) is 5.95. The fourth-order valence-corrected chi connectivity index (χ4v) is 4.31. The number of amides is 1. The molecule has 3 aromatic rings. The van der Waals surface area contributed by atoms with E-state index in [0.29, 0.717) is 28.3 Å². The first kappa shape index (κ1) is 23.5. The maximum Gasteiger partial charge on any atom is 0.295 e. The van der Waals surface area contributed by atoms with Crippen molar-refractivity contribution < 1.29 is 23.8 Å². The summed E-state index contributed by atoms with van der Waals surface area (Å²) in [6.45, 7) is 2.04. The van der Waals surface area contributed by atoms with Gasteiger partial charge in [-0.25, -0.2) is 4.39 Å². The number of Topliss-reactive ketones (excluding diaryl/α,β-unsaturated/α-hetero) is 1. The van der Waals surface area contributed by atoms with Gasteiger partial charge in [-0.05, 0) is 72.5 Å². The van der Waals surface area contributed by atoms with Crippen molar-refractivity contribution in [2.75, 3.05) is 13.7 Å². The van der Waals surface area contributed by atoms with E-state index in [1.54, 1.807) is 61.7 Å². The number of nitrogens with zero attached hydrogens (tertiary/aromatic N) is 1. The van der Waals surface area contributed by atoms with E-state index in [-0.39, 0.29) is 23.7 Å². The quantitative estimate of drug-likeness (QED) is 0.289. The summed E-state index contributed by atoms with van der Waals surface area (Å²) < 4.78 is 18.6. The van der Waals surface area contributed by atoms with Gasteiger partial charge in [-0.1, -0.05) is 35.9 Å². The summed E-state index contributed by atoms with van der Waals surface area (Å²) in [7, 11) is 1.55. The lowest BCUT2D eigenvalue weighted by Crippen LogP contribution is -2.31. The third-order valence-corrected chi connectivity index (χ3v) is 6.20. The molecule has 1 saturated heterocycles. The van der Waals surface area contributed by atoms with Gasteiger partial charge in [-0.2, -0.15) is 0 Å². The number of halogens is 2. The lowest BCUT2D eigenvalue weighted by atomic mass is 9.94. The Morgan fingerprint density at radius 1 is 1.06 bits per heavy atom. The molecule has 0 saturated carbocycles. The lowest BCUT2D eigenvalue weighted by molar-refractivity contribution is -0.139. The number of likely N-dealkylation sites (tertiary alicyclic amines) is 1. The zero-order valence-corrected chi connectivity index (χ0v) is 19.5. The zero-order valence-electron chi connectivity index (χ0n) is 18.7. The van der Waals surface area contributed by atoms with Crippen molar-refractivity contribution in [2.45, 2.75) is 19.4 Å². The molecule has 1 N–H and O–H groups in total. The van der Waals surface area contributed by atoms with Crippen LogP contribution < -0.4 is 4.74 Å². The maximum atomic E-state index is 13.3. The van der Waals surface area contributed by atoms with E-state index in [2.05, 4.69) is 0 Å². The zero-order chi connectivity index (χ0) is 24.4. The summed E-state index contributed by atoms with van der Waals surface area (Å²) in [5, 5.41) is 11.7. The number of aryl methyl sites for hydroxylation is 1. The van der Waals surface area contributed by atoms with Crippen molar-refractivity contribution in [2.24, 2.45) is 0 Å². The Morgan fingerprint density at radius 3 is 2.35 bits per heavy atom. The van der Waals surface area contributed by atoms with E-state index in [1.807, 2.05) is 6.92 Å². The number of hydrogen-bond donors (Lipinski definition) is 1. The number of carbonyl (C=O) groups is 2. The van der Waals surface area contributed by atoms with Crippen molar-refractivity contribution in [1.82, 2.24) is 4.90 Å². The van der Waals surface area contributed by atoms with Crippen molar-refractivity contribution in [3.8, 4) is 5.75 Å². The Morgan fingerprint density at radius 2 is 1.74 bits per heavy atom. The van der Waals surface area contributed by atoms with Crippen molar-refractivity contribution in [3.05, 3.63) is 105 Å². The first-order valence-corrected chi connectivity index (χ1v) is 11.1. The largest absolute Gasteiger partial charge is 0.507 e. The number of benzene rings is 3. The van der Waals surface area contributed by atoms with E-state index in [1.165, 1.54) is 17.0 Å². The Hall–Kier alpha value is -3.64. The maximum absolute atomic E-state index is 13.3. The molecule has 1 aliphatic heterocycles. The summed E-state index contributed by atoms with van der Waals surface area (Å²) in [6.07, 6.45) is 0.416. The van der Waals surface area contributed by atoms with Crippen LogP contribution in [0.1, 0.15) is 28.3 Å². The van der Waals surface area contributed by atoms with Crippen LogP contribution in [0.15, 0.2) is 72.3 Å². The van der Waals surface area contributed by atoms with Gasteiger partial charge in [0.05, 0.1) is 18.7 Å². The average molecular weight is 480 g/mol. The number of ketones is 1. The Balaban J connectivity index is 1.77. The molecule has 0 radical (unpaired) electrons. The smallest absolute Gasteiger partial charge is 0.295 e. The molecule has 1 heterocycles. The molecule has 0 bridgehead atoms. The van der Waals surface area contributed by atoms with Gasteiger partial charge >= 0.3 is 0 Å². The van der Waals surface area contributed by atoms with Crippen LogP contribution in [0.5, 0.6) is 5.75 Å². The van der Waals surface area contributed by atoms with E-state index in [4.69, 9.17) is 16.3 Å². The highest BCUT2D eigenvalue weighted by Gasteiger charge is 2.45. The van der Waals surface area contributed by atoms with Crippen molar-refractivity contribution in [1.29, 1.82) is 0 Å².